The van der Waals surface area contributed by atoms with E-state index in [9.17, 15) is 14.9 Å². The first-order chi connectivity index (χ1) is 11.0. The fourth-order valence-corrected chi connectivity index (χ4v) is 2.10. The SMILES string of the molecule is Cc1cc(NC(=O)c2ccc(-n3ccnc3)c([N+](=O)[O-])c2)n[nH]1. The van der Waals surface area contributed by atoms with Gasteiger partial charge < -0.3 is 9.88 Å². The molecule has 9 nitrogen and oxygen atoms in total. The van der Waals surface area contributed by atoms with E-state index < -0.39 is 10.8 Å². The van der Waals surface area contributed by atoms with E-state index in [1.165, 1.54) is 35.3 Å². The quantitative estimate of drug-likeness (QED) is 0.564. The highest BCUT2D eigenvalue weighted by Gasteiger charge is 2.19. The Balaban J connectivity index is 1.93. The van der Waals surface area contributed by atoms with Crippen molar-refractivity contribution in [1.82, 2.24) is 19.7 Å². The van der Waals surface area contributed by atoms with E-state index in [-0.39, 0.29) is 11.3 Å². The summed E-state index contributed by atoms with van der Waals surface area (Å²) in [6.45, 7) is 1.80. The van der Waals surface area contributed by atoms with E-state index in [0.29, 0.717) is 11.5 Å². The molecule has 0 bridgehead atoms. The van der Waals surface area contributed by atoms with Gasteiger partial charge in [-0.1, -0.05) is 0 Å². The molecule has 0 aliphatic carbocycles. The maximum Gasteiger partial charge on any atom is 0.294 e. The van der Waals surface area contributed by atoms with Crippen LogP contribution in [-0.4, -0.2) is 30.6 Å². The summed E-state index contributed by atoms with van der Waals surface area (Å²) in [5.41, 5.74) is 1.11. The summed E-state index contributed by atoms with van der Waals surface area (Å²) in [6.07, 6.45) is 4.56. The summed E-state index contributed by atoms with van der Waals surface area (Å²) in [6, 6.07) is 5.90. The molecule has 116 valence electrons. The Hall–Kier alpha value is -3.49. The van der Waals surface area contributed by atoms with Crippen LogP contribution in [0.3, 0.4) is 0 Å². The molecule has 0 aliphatic heterocycles. The number of rotatable bonds is 4. The summed E-state index contributed by atoms with van der Waals surface area (Å²) in [4.78, 5) is 26.8. The van der Waals surface area contributed by atoms with Crippen LogP contribution in [0, 0.1) is 17.0 Å². The summed E-state index contributed by atoms with van der Waals surface area (Å²) in [5, 5.41) is 20.4. The zero-order valence-electron chi connectivity index (χ0n) is 12.1. The molecule has 23 heavy (non-hydrogen) atoms. The number of aromatic nitrogens is 4. The van der Waals surface area contributed by atoms with E-state index in [4.69, 9.17) is 0 Å². The number of carbonyl (C=O) groups is 1. The lowest BCUT2D eigenvalue weighted by molar-refractivity contribution is -0.384. The van der Waals surface area contributed by atoms with Crippen LogP contribution in [0.2, 0.25) is 0 Å². The number of aryl methyl sites for hydroxylation is 1. The molecule has 3 aromatic rings. The number of nitrogens with zero attached hydrogens (tertiary/aromatic N) is 4. The zero-order chi connectivity index (χ0) is 16.4. The fraction of sp³-hybridized carbons (Fsp3) is 0.0714. The molecule has 0 radical (unpaired) electrons. The summed E-state index contributed by atoms with van der Waals surface area (Å²) in [5.74, 6) is -0.120. The van der Waals surface area contributed by atoms with Crippen molar-refractivity contribution in [1.29, 1.82) is 0 Å². The number of nitro groups is 1. The van der Waals surface area contributed by atoms with Crippen LogP contribution in [-0.2, 0) is 0 Å². The van der Waals surface area contributed by atoms with E-state index >= 15 is 0 Å². The lowest BCUT2D eigenvalue weighted by Gasteiger charge is -2.06. The number of imidazole rings is 1. The molecule has 0 fully saturated rings. The minimum atomic E-state index is -0.537. The smallest absolute Gasteiger partial charge is 0.294 e. The number of hydrogen-bond donors (Lipinski definition) is 2. The first-order valence-electron chi connectivity index (χ1n) is 6.65. The number of nitrogens with one attached hydrogen (secondary N) is 2. The predicted octanol–water partition coefficient (Wildman–Crippen LogP) is 2.06. The van der Waals surface area contributed by atoms with Crippen LogP contribution >= 0.6 is 0 Å². The molecule has 9 heteroatoms. The number of aromatic amines is 1. The van der Waals surface area contributed by atoms with Gasteiger partial charge in [-0.2, -0.15) is 5.10 Å². The van der Waals surface area contributed by atoms with Crippen molar-refractivity contribution < 1.29 is 9.72 Å². The molecule has 3 rings (SSSR count). The molecule has 0 aliphatic rings. The lowest BCUT2D eigenvalue weighted by Crippen LogP contribution is -2.13. The van der Waals surface area contributed by atoms with Crippen molar-refractivity contribution in [2.75, 3.05) is 5.32 Å². The molecule has 0 saturated heterocycles. The van der Waals surface area contributed by atoms with Crippen LogP contribution in [0.1, 0.15) is 16.1 Å². The van der Waals surface area contributed by atoms with E-state index in [2.05, 4.69) is 20.5 Å². The van der Waals surface area contributed by atoms with Crippen molar-refractivity contribution in [2.24, 2.45) is 0 Å². The molecule has 0 spiro atoms. The zero-order valence-corrected chi connectivity index (χ0v) is 12.1. The second kappa shape index (κ2) is 5.72. The summed E-state index contributed by atoms with van der Waals surface area (Å²) in [7, 11) is 0. The maximum atomic E-state index is 12.2. The topological polar surface area (TPSA) is 119 Å². The average Bonchev–Trinajstić information content (AvgIpc) is 3.18. The van der Waals surface area contributed by atoms with Crippen molar-refractivity contribution in [2.45, 2.75) is 6.92 Å². The Morgan fingerprint density at radius 3 is 2.83 bits per heavy atom. The summed E-state index contributed by atoms with van der Waals surface area (Å²) >= 11 is 0. The van der Waals surface area contributed by atoms with Gasteiger partial charge >= 0.3 is 0 Å². The molecular formula is C14H12N6O3. The van der Waals surface area contributed by atoms with E-state index in [1.807, 2.05) is 0 Å². The third-order valence-electron chi connectivity index (χ3n) is 3.16. The van der Waals surface area contributed by atoms with Crippen LogP contribution in [0.4, 0.5) is 11.5 Å². The third kappa shape index (κ3) is 2.93. The normalized spacial score (nSPS) is 10.5. The van der Waals surface area contributed by atoms with E-state index in [0.717, 1.165) is 5.69 Å². The second-order valence-corrected chi connectivity index (χ2v) is 4.82. The predicted molar refractivity (Wildman–Crippen MR) is 81.5 cm³/mol. The van der Waals surface area contributed by atoms with Crippen molar-refractivity contribution >= 4 is 17.4 Å². The van der Waals surface area contributed by atoms with Crippen molar-refractivity contribution in [3.8, 4) is 5.69 Å². The van der Waals surface area contributed by atoms with Gasteiger partial charge in [-0.3, -0.25) is 20.0 Å². The Kier molecular flexibility index (Phi) is 3.59. The molecule has 0 saturated carbocycles. The largest absolute Gasteiger partial charge is 0.305 e. The van der Waals surface area contributed by atoms with Gasteiger partial charge in [-0.25, -0.2) is 4.98 Å². The Morgan fingerprint density at radius 2 is 2.22 bits per heavy atom. The molecule has 2 heterocycles. The van der Waals surface area contributed by atoms with Crippen LogP contribution in [0.25, 0.3) is 5.69 Å². The highest BCUT2D eigenvalue weighted by Crippen LogP contribution is 2.24. The number of hydrogen-bond acceptors (Lipinski definition) is 5. The minimum absolute atomic E-state index is 0.168. The standard InChI is InChI=1S/C14H12N6O3/c1-9-6-13(18-17-9)16-14(21)10-2-3-11(12(7-10)20(22)23)19-5-4-15-8-19/h2-8H,1H3,(H2,16,17,18,21). The van der Waals surface area contributed by atoms with Gasteiger partial charge in [-0.15, -0.1) is 0 Å². The highest BCUT2D eigenvalue weighted by molar-refractivity contribution is 6.04. The third-order valence-corrected chi connectivity index (χ3v) is 3.16. The molecule has 2 N–H and O–H groups in total. The molecule has 2 aromatic heterocycles. The van der Waals surface area contributed by atoms with Crippen molar-refractivity contribution in [3.63, 3.8) is 0 Å². The number of carbonyl (C=O) groups excluding carboxylic acids is 1. The fourth-order valence-electron chi connectivity index (χ4n) is 2.10. The first-order valence-corrected chi connectivity index (χ1v) is 6.65. The number of H-pyrrole nitrogens is 1. The van der Waals surface area contributed by atoms with Crippen LogP contribution in [0.5, 0.6) is 0 Å². The molecule has 1 amide bonds. The number of nitro benzene ring substituents is 1. The first kappa shape index (κ1) is 14.4. The monoisotopic (exact) mass is 312 g/mol. The van der Waals surface area contributed by atoms with Crippen LogP contribution in [0.15, 0.2) is 43.0 Å². The van der Waals surface area contributed by atoms with E-state index in [1.54, 1.807) is 19.2 Å². The highest BCUT2D eigenvalue weighted by atomic mass is 16.6. The van der Waals surface area contributed by atoms with Crippen LogP contribution < -0.4 is 5.32 Å². The average molecular weight is 312 g/mol. The number of anilines is 1. The maximum absolute atomic E-state index is 12.2. The number of amides is 1. The second-order valence-electron chi connectivity index (χ2n) is 4.82. The summed E-state index contributed by atoms with van der Waals surface area (Å²) < 4.78 is 1.51. The van der Waals surface area contributed by atoms with Gasteiger partial charge in [0.15, 0.2) is 5.82 Å². The Bertz CT molecular complexity index is 869. The minimum Gasteiger partial charge on any atom is -0.305 e. The van der Waals surface area contributed by atoms with Gasteiger partial charge in [-0.05, 0) is 19.1 Å². The van der Waals surface area contributed by atoms with Gasteiger partial charge in [0.05, 0.1) is 11.3 Å². The molecule has 0 atom stereocenters. The van der Waals surface area contributed by atoms with Gasteiger partial charge in [0, 0.05) is 35.8 Å². The lowest BCUT2D eigenvalue weighted by atomic mass is 10.1. The van der Waals surface area contributed by atoms with Gasteiger partial charge in [0.1, 0.15) is 5.69 Å². The van der Waals surface area contributed by atoms with Crippen molar-refractivity contribution in [3.05, 3.63) is 64.4 Å². The molecule has 1 aromatic carbocycles. The van der Waals surface area contributed by atoms with Gasteiger partial charge in [0.2, 0.25) is 0 Å². The Morgan fingerprint density at radius 1 is 1.39 bits per heavy atom. The molecule has 0 unspecified atom stereocenters. The number of benzene rings is 1. The molecular weight excluding hydrogens is 300 g/mol. The van der Waals surface area contributed by atoms with Gasteiger partial charge in [0.25, 0.3) is 11.6 Å². The Labute approximate surface area is 130 Å².